The summed E-state index contributed by atoms with van der Waals surface area (Å²) >= 11 is 0. The smallest absolute Gasteiger partial charge is 0.410 e. The van der Waals surface area contributed by atoms with Crippen LogP contribution in [-0.2, 0) is 4.74 Å². The highest BCUT2D eigenvalue weighted by Gasteiger charge is 2.25. The van der Waals surface area contributed by atoms with Gasteiger partial charge in [0.25, 0.3) is 0 Å². The fourth-order valence-corrected chi connectivity index (χ4v) is 1.61. The molecule has 1 rings (SSSR count). The maximum Gasteiger partial charge on any atom is 0.410 e. The van der Waals surface area contributed by atoms with Gasteiger partial charge in [0, 0.05) is 13.1 Å². The number of likely N-dealkylation sites (tertiary alicyclic amines) is 1. The Kier molecular flexibility index (Phi) is 3.97. The second kappa shape index (κ2) is 4.84. The standard InChI is InChI=1S/C11H21NO3/c1-11(2,3)15-10(14)12-7-5-4-6-9(13)8-12/h9,13H,4-8H2,1-3H3. The molecule has 4 heteroatoms. The molecule has 1 heterocycles. The number of aliphatic hydroxyl groups excluding tert-OH is 1. The molecule has 0 aromatic carbocycles. The molecule has 1 aliphatic rings. The average molecular weight is 215 g/mol. The van der Waals surface area contributed by atoms with Crippen LogP contribution in [0.2, 0.25) is 0 Å². The van der Waals surface area contributed by atoms with E-state index >= 15 is 0 Å². The summed E-state index contributed by atoms with van der Waals surface area (Å²) < 4.78 is 5.26. The molecule has 4 nitrogen and oxygen atoms in total. The van der Waals surface area contributed by atoms with Crippen molar-refractivity contribution in [1.82, 2.24) is 4.90 Å². The molecule has 1 aliphatic heterocycles. The van der Waals surface area contributed by atoms with Crippen LogP contribution in [0.3, 0.4) is 0 Å². The molecule has 1 unspecified atom stereocenters. The van der Waals surface area contributed by atoms with Gasteiger partial charge >= 0.3 is 6.09 Å². The van der Waals surface area contributed by atoms with Crippen molar-refractivity contribution in [2.24, 2.45) is 0 Å². The zero-order chi connectivity index (χ0) is 11.5. The number of ether oxygens (including phenoxy) is 1. The van der Waals surface area contributed by atoms with Crippen molar-refractivity contribution in [2.75, 3.05) is 13.1 Å². The highest BCUT2D eigenvalue weighted by molar-refractivity contribution is 5.68. The minimum atomic E-state index is -0.464. The molecule has 0 bridgehead atoms. The quantitative estimate of drug-likeness (QED) is 0.670. The number of amides is 1. The summed E-state index contributed by atoms with van der Waals surface area (Å²) in [5.74, 6) is 0. The number of carbonyl (C=O) groups is 1. The van der Waals surface area contributed by atoms with E-state index in [1.54, 1.807) is 4.90 Å². The summed E-state index contributed by atoms with van der Waals surface area (Å²) in [6, 6.07) is 0. The van der Waals surface area contributed by atoms with Gasteiger partial charge in [0.2, 0.25) is 0 Å². The number of hydrogen-bond acceptors (Lipinski definition) is 3. The fraction of sp³-hybridized carbons (Fsp3) is 0.909. The number of β-amino-alcohol motifs (C(OH)–C–C–N with tert-alkyl or cyclic N) is 1. The van der Waals surface area contributed by atoms with Crippen molar-refractivity contribution in [3.63, 3.8) is 0 Å². The van der Waals surface area contributed by atoms with Crippen molar-refractivity contribution in [3.05, 3.63) is 0 Å². The molecule has 0 radical (unpaired) electrons. The summed E-state index contributed by atoms with van der Waals surface area (Å²) in [7, 11) is 0. The molecule has 0 saturated carbocycles. The lowest BCUT2D eigenvalue weighted by Crippen LogP contribution is -2.40. The van der Waals surface area contributed by atoms with Gasteiger partial charge < -0.3 is 14.7 Å². The third-order valence-electron chi connectivity index (χ3n) is 2.30. The first-order chi connectivity index (χ1) is 6.88. The van der Waals surface area contributed by atoms with Crippen LogP contribution >= 0.6 is 0 Å². The van der Waals surface area contributed by atoms with Crippen LogP contribution < -0.4 is 0 Å². The Balaban J connectivity index is 2.50. The number of carbonyl (C=O) groups excluding carboxylic acids is 1. The van der Waals surface area contributed by atoms with E-state index in [0.717, 1.165) is 19.3 Å². The van der Waals surface area contributed by atoms with Crippen LogP contribution in [0.15, 0.2) is 0 Å². The van der Waals surface area contributed by atoms with E-state index in [2.05, 4.69) is 0 Å². The minimum absolute atomic E-state index is 0.316. The van der Waals surface area contributed by atoms with Gasteiger partial charge in [-0.3, -0.25) is 0 Å². The lowest BCUT2D eigenvalue weighted by molar-refractivity contribution is 0.0173. The Morgan fingerprint density at radius 2 is 2.07 bits per heavy atom. The molecule has 0 aromatic heterocycles. The van der Waals surface area contributed by atoms with Gasteiger partial charge in [-0.15, -0.1) is 0 Å². The van der Waals surface area contributed by atoms with E-state index in [9.17, 15) is 9.90 Å². The summed E-state index contributed by atoms with van der Waals surface area (Å²) in [6.45, 7) is 6.62. The first kappa shape index (κ1) is 12.3. The summed E-state index contributed by atoms with van der Waals surface area (Å²) in [5, 5.41) is 9.56. The van der Waals surface area contributed by atoms with Crippen LogP contribution in [-0.4, -0.2) is 40.9 Å². The molecule has 0 aromatic rings. The first-order valence-electron chi connectivity index (χ1n) is 5.54. The number of aliphatic hydroxyl groups is 1. The van der Waals surface area contributed by atoms with Crippen LogP contribution in [0.1, 0.15) is 40.0 Å². The Hall–Kier alpha value is -0.770. The average Bonchev–Trinajstić information content (AvgIpc) is 2.26. The lowest BCUT2D eigenvalue weighted by atomic mass is 10.2. The zero-order valence-corrected chi connectivity index (χ0v) is 9.82. The predicted octanol–water partition coefficient (Wildman–Crippen LogP) is 1.77. The number of nitrogens with zero attached hydrogens (tertiary/aromatic N) is 1. The van der Waals surface area contributed by atoms with E-state index in [4.69, 9.17) is 4.74 Å². The van der Waals surface area contributed by atoms with E-state index in [0.29, 0.717) is 13.1 Å². The van der Waals surface area contributed by atoms with E-state index in [1.165, 1.54) is 0 Å². The van der Waals surface area contributed by atoms with Gasteiger partial charge in [0.15, 0.2) is 0 Å². The Morgan fingerprint density at radius 3 is 2.67 bits per heavy atom. The fourth-order valence-electron chi connectivity index (χ4n) is 1.61. The summed E-state index contributed by atoms with van der Waals surface area (Å²) in [5.41, 5.74) is -0.464. The van der Waals surface area contributed by atoms with Crippen LogP contribution in [0.4, 0.5) is 4.79 Å². The van der Waals surface area contributed by atoms with Gasteiger partial charge in [0.05, 0.1) is 6.10 Å². The third-order valence-corrected chi connectivity index (χ3v) is 2.30. The molecule has 1 atom stereocenters. The van der Waals surface area contributed by atoms with Gasteiger partial charge in [0.1, 0.15) is 5.60 Å². The Morgan fingerprint density at radius 1 is 1.40 bits per heavy atom. The van der Waals surface area contributed by atoms with Gasteiger partial charge in [-0.2, -0.15) is 0 Å². The van der Waals surface area contributed by atoms with Gasteiger partial charge in [-0.25, -0.2) is 4.79 Å². The monoisotopic (exact) mass is 215 g/mol. The number of rotatable bonds is 0. The van der Waals surface area contributed by atoms with E-state index in [-0.39, 0.29) is 6.09 Å². The topological polar surface area (TPSA) is 49.8 Å². The van der Waals surface area contributed by atoms with Crippen LogP contribution in [0, 0.1) is 0 Å². The van der Waals surface area contributed by atoms with Gasteiger partial charge in [-0.05, 0) is 40.0 Å². The molecule has 1 saturated heterocycles. The molecule has 1 N–H and O–H groups in total. The molecular weight excluding hydrogens is 194 g/mol. The first-order valence-corrected chi connectivity index (χ1v) is 5.54. The lowest BCUT2D eigenvalue weighted by Gasteiger charge is -2.27. The predicted molar refractivity (Wildman–Crippen MR) is 57.7 cm³/mol. The van der Waals surface area contributed by atoms with Crippen LogP contribution in [0.25, 0.3) is 0 Å². The highest BCUT2D eigenvalue weighted by Crippen LogP contribution is 2.15. The van der Waals surface area contributed by atoms with Crippen molar-refractivity contribution < 1.29 is 14.6 Å². The molecule has 1 amide bonds. The van der Waals surface area contributed by atoms with Crippen molar-refractivity contribution >= 4 is 6.09 Å². The third kappa shape index (κ3) is 4.51. The molecule has 0 aliphatic carbocycles. The number of hydrogen-bond donors (Lipinski definition) is 1. The summed E-state index contributed by atoms with van der Waals surface area (Å²) in [4.78, 5) is 13.3. The molecular formula is C11H21NO3. The second-order valence-electron chi connectivity index (χ2n) is 5.08. The van der Waals surface area contributed by atoms with E-state index < -0.39 is 11.7 Å². The molecule has 88 valence electrons. The van der Waals surface area contributed by atoms with Crippen LogP contribution in [0.5, 0.6) is 0 Å². The molecule has 0 spiro atoms. The van der Waals surface area contributed by atoms with Crippen molar-refractivity contribution in [1.29, 1.82) is 0 Å². The SMILES string of the molecule is CC(C)(C)OC(=O)N1CCCCC(O)C1. The normalized spacial score (nSPS) is 23.5. The Labute approximate surface area is 91.2 Å². The van der Waals surface area contributed by atoms with Crippen molar-refractivity contribution in [2.45, 2.75) is 51.7 Å². The molecule has 1 fully saturated rings. The largest absolute Gasteiger partial charge is 0.444 e. The zero-order valence-electron chi connectivity index (χ0n) is 9.82. The maximum atomic E-state index is 11.7. The minimum Gasteiger partial charge on any atom is -0.444 e. The Bertz CT molecular complexity index is 222. The molecule has 15 heavy (non-hydrogen) atoms. The van der Waals surface area contributed by atoms with E-state index in [1.807, 2.05) is 20.8 Å². The summed E-state index contributed by atoms with van der Waals surface area (Å²) in [6.07, 6.45) is 1.97. The maximum absolute atomic E-state index is 11.7. The van der Waals surface area contributed by atoms with Crippen molar-refractivity contribution in [3.8, 4) is 0 Å². The van der Waals surface area contributed by atoms with Gasteiger partial charge in [-0.1, -0.05) is 0 Å². The second-order valence-corrected chi connectivity index (χ2v) is 5.08. The highest BCUT2D eigenvalue weighted by atomic mass is 16.6.